The quantitative estimate of drug-likeness (QED) is 0.452. The van der Waals surface area contributed by atoms with Gasteiger partial charge in [0, 0.05) is 6.54 Å². The number of para-hydroxylation sites is 2. The summed E-state index contributed by atoms with van der Waals surface area (Å²) >= 11 is 0. The molecule has 122 valence electrons. The zero-order valence-corrected chi connectivity index (χ0v) is 13.0. The zero-order chi connectivity index (χ0) is 16.7. The molecule has 0 aliphatic heterocycles. The number of benzene rings is 1. The molecule has 0 saturated heterocycles. The Kier molecular flexibility index (Phi) is 5.67. The monoisotopic (exact) mass is 318 g/mol. The first-order chi connectivity index (χ1) is 11.2. The maximum absolute atomic E-state index is 11.4. The van der Waals surface area contributed by atoms with Gasteiger partial charge in [-0.3, -0.25) is 10.1 Å². The summed E-state index contributed by atoms with van der Waals surface area (Å²) < 4.78 is 10.8. The number of anilines is 1. The number of nitro groups is 1. The van der Waals surface area contributed by atoms with E-state index in [0.717, 1.165) is 12.8 Å². The minimum Gasteiger partial charge on any atom is -0.493 e. The Hall–Kier alpha value is -2.90. The third-order valence-electron chi connectivity index (χ3n) is 3.07. The van der Waals surface area contributed by atoms with Crippen LogP contribution in [0.5, 0.6) is 17.4 Å². The van der Waals surface area contributed by atoms with Gasteiger partial charge in [0.05, 0.1) is 12.0 Å². The molecular weight excluding hydrogens is 300 g/mol. The van der Waals surface area contributed by atoms with E-state index in [0.29, 0.717) is 18.0 Å². The number of aromatic nitrogens is 2. The number of methoxy groups -OCH3 is 1. The molecule has 1 aromatic carbocycles. The second-order valence-electron chi connectivity index (χ2n) is 4.67. The van der Waals surface area contributed by atoms with E-state index in [1.807, 2.05) is 6.92 Å². The lowest BCUT2D eigenvalue weighted by Crippen LogP contribution is -2.08. The molecule has 0 atom stereocenters. The van der Waals surface area contributed by atoms with Crippen molar-refractivity contribution in [3.63, 3.8) is 0 Å². The van der Waals surface area contributed by atoms with Crippen LogP contribution in [0.15, 0.2) is 30.6 Å². The molecule has 23 heavy (non-hydrogen) atoms. The van der Waals surface area contributed by atoms with Gasteiger partial charge in [-0.2, -0.15) is 4.98 Å². The number of hydrogen-bond acceptors (Lipinski definition) is 7. The second-order valence-corrected chi connectivity index (χ2v) is 4.67. The van der Waals surface area contributed by atoms with Crippen molar-refractivity contribution in [1.82, 2.24) is 9.97 Å². The summed E-state index contributed by atoms with van der Waals surface area (Å²) in [4.78, 5) is 18.7. The number of unbranched alkanes of at least 4 members (excludes halogenated alkanes) is 1. The van der Waals surface area contributed by atoms with E-state index < -0.39 is 4.92 Å². The minimum absolute atomic E-state index is 0.131. The molecule has 1 aromatic heterocycles. The summed E-state index contributed by atoms with van der Waals surface area (Å²) in [6, 6.07) is 6.86. The van der Waals surface area contributed by atoms with E-state index in [1.165, 1.54) is 13.4 Å². The number of nitrogens with one attached hydrogen (secondary N) is 1. The van der Waals surface area contributed by atoms with Crippen molar-refractivity contribution in [2.45, 2.75) is 19.8 Å². The van der Waals surface area contributed by atoms with E-state index in [2.05, 4.69) is 15.3 Å². The Morgan fingerprint density at radius 2 is 2.00 bits per heavy atom. The molecule has 2 rings (SSSR count). The summed E-state index contributed by atoms with van der Waals surface area (Å²) in [6.07, 6.45) is 3.08. The van der Waals surface area contributed by atoms with E-state index in [9.17, 15) is 10.1 Å². The second kappa shape index (κ2) is 7.92. The average molecular weight is 318 g/mol. The van der Waals surface area contributed by atoms with Gasteiger partial charge in [-0.25, -0.2) is 4.98 Å². The molecule has 1 N–H and O–H groups in total. The van der Waals surface area contributed by atoms with Crippen LogP contribution in [0.4, 0.5) is 11.5 Å². The van der Waals surface area contributed by atoms with Gasteiger partial charge < -0.3 is 14.8 Å². The highest BCUT2D eigenvalue weighted by Crippen LogP contribution is 2.37. The van der Waals surface area contributed by atoms with Crippen molar-refractivity contribution in [2.75, 3.05) is 19.0 Å². The molecule has 0 aliphatic rings. The molecule has 0 aliphatic carbocycles. The summed E-state index contributed by atoms with van der Waals surface area (Å²) in [5.74, 6) is 0.814. The predicted molar refractivity (Wildman–Crippen MR) is 85.2 cm³/mol. The smallest absolute Gasteiger partial charge is 0.373 e. The average Bonchev–Trinajstić information content (AvgIpc) is 2.55. The maximum Gasteiger partial charge on any atom is 0.373 e. The molecular formula is C15H18N4O4. The lowest BCUT2D eigenvalue weighted by atomic mass is 10.3. The fourth-order valence-electron chi connectivity index (χ4n) is 1.92. The van der Waals surface area contributed by atoms with Crippen molar-refractivity contribution in [3.8, 4) is 17.4 Å². The lowest BCUT2D eigenvalue weighted by molar-refractivity contribution is -0.385. The molecule has 0 fully saturated rings. The Morgan fingerprint density at radius 3 is 2.65 bits per heavy atom. The third-order valence-corrected chi connectivity index (χ3v) is 3.07. The van der Waals surface area contributed by atoms with Gasteiger partial charge >= 0.3 is 11.6 Å². The van der Waals surface area contributed by atoms with Crippen LogP contribution in [0, 0.1) is 10.1 Å². The van der Waals surface area contributed by atoms with Crippen LogP contribution in [0.25, 0.3) is 0 Å². The molecule has 0 amide bonds. The van der Waals surface area contributed by atoms with Gasteiger partial charge in [-0.15, -0.1) is 0 Å². The lowest BCUT2D eigenvalue weighted by Gasteiger charge is -2.11. The third kappa shape index (κ3) is 4.06. The van der Waals surface area contributed by atoms with Crippen LogP contribution < -0.4 is 14.8 Å². The number of hydrogen-bond donors (Lipinski definition) is 1. The molecule has 1 heterocycles. The summed E-state index contributed by atoms with van der Waals surface area (Å²) in [5, 5.41) is 14.3. The van der Waals surface area contributed by atoms with Gasteiger partial charge in [0.15, 0.2) is 11.5 Å². The van der Waals surface area contributed by atoms with Gasteiger partial charge in [0.1, 0.15) is 6.33 Å². The van der Waals surface area contributed by atoms with Gasteiger partial charge in [-0.1, -0.05) is 25.5 Å². The molecule has 8 nitrogen and oxygen atoms in total. The maximum atomic E-state index is 11.4. The van der Waals surface area contributed by atoms with Crippen LogP contribution in [-0.4, -0.2) is 28.5 Å². The fraction of sp³-hybridized carbons (Fsp3) is 0.333. The Morgan fingerprint density at radius 1 is 1.26 bits per heavy atom. The van der Waals surface area contributed by atoms with E-state index >= 15 is 0 Å². The Labute approximate surface area is 133 Å². The Bertz CT molecular complexity index is 678. The van der Waals surface area contributed by atoms with Crippen molar-refractivity contribution in [1.29, 1.82) is 0 Å². The SMILES string of the molecule is CCCCNc1ncnc(Oc2ccccc2OC)c1[N+](=O)[O-]. The van der Waals surface area contributed by atoms with E-state index in [-0.39, 0.29) is 17.4 Å². The standard InChI is InChI=1S/C15H18N4O4/c1-3-4-9-16-14-13(19(20)21)15(18-10-17-14)23-12-8-6-5-7-11(12)22-2/h5-8,10H,3-4,9H2,1-2H3,(H,16,17,18). The summed E-state index contributed by atoms with van der Waals surface area (Å²) in [5.41, 5.74) is -0.297. The molecule has 2 aromatic rings. The zero-order valence-electron chi connectivity index (χ0n) is 13.0. The van der Waals surface area contributed by atoms with Crippen molar-refractivity contribution < 1.29 is 14.4 Å². The van der Waals surface area contributed by atoms with Gasteiger partial charge in [-0.05, 0) is 18.6 Å². The summed E-state index contributed by atoms with van der Waals surface area (Å²) in [6.45, 7) is 2.62. The van der Waals surface area contributed by atoms with Crippen LogP contribution in [0.3, 0.4) is 0 Å². The highest BCUT2D eigenvalue weighted by atomic mass is 16.6. The van der Waals surface area contributed by atoms with Gasteiger partial charge in [0.25, 0.3) is 0 Å². The highest BCUT2D eigenvalue weighted by molar-refractivity contribution is 5.62. The molecule has 0 radical (unpaired) electrons. The first-order valence-electron chi connectivity index (χ1n) is 7.21. The van der Waals surface area contributed by atoms with E-state index in [4.69, 9.17) is 9.47 Å². The molecule has 0 unspecified atom stereocenters. The first-order valence-corrected chi connectivity index (χ1v) is 7.21. The van der Waals surface area contributed by atoms with Crippen LogP contribution in [-0.2, 0) is 0 Å². The van der Waals surface area contributed by atoms with E-state index in [1.54, 1.807) is 24.3 Å². The van der Waals surface area contributed by atoms with Gasteiger partial charge in [0.2, 0.25) is 5.82 Å². The topological polar surface area (TPSA) is 99.4 Å². The van der Waals surface area contributed by atoms with Crippen LogP contribution >= 0.6 is 0 Å². The first kappa shape index (κ1) is 16.5. The molecule has 0 bridgehead atoms. The molecule has 8 heteroatoms. The largest absolute Gasteiger partial charge is 0.493 e. The Balaban J connectivity index is 2.34. The molecule has 0 spiro atoms. The predicted octanol–water partition coefficient (Wildman–Crippen LogP) is 3.40. The summed E-state index contributed by atoms with van der Waals surface area (Å²) in [7, 11) is 1.49. The fourth-order valence-corrected chi connectivity index (χ4v) is 1.92. The number of nitrogens with zero attached hydrogens (tertiary/aromatic N) is 3. The van der Waals surface area contributed by atoms with Crippen molar-refractivity contribution in [2.24, 2.45) is 0 Å². The van der Waals surface area contributed by atoms with Crippen molar-refractivity contribution >= 4 is 11.5 Å². The van der Waals surface area contributed by atoms with Crippen molar-refractivity contribution in [3.05, 3.63) is 40.7 Å². The number of ether oxygens (including phenoxy) is 2. The number of rotatable bonds is 8. The normalized spacial score (nSPS) is 10.2. The van der Waals surface area contributed by atoms with Crippen LogP contribution in [0.1, 0.15) is 19.8 Å². The highest BCUT2D eigenvalue weighted by Gasteiger charge is 2.25. The molecule has 0 saturated carbocycles. The van der Waals surface area contributed by atoms with Crippen LogP contribution in [0.2, 0.25) is 0 Å². The minimum atomic E-state index is -0.557.